The summed E-state index contributed by atoms with van der Waals surface area (Å²) in [4.78, 5) is 20.9. The minimum absolute atomic E-state index is 0.236. The Morgan fingerprint density at radius 2 is 1.97 bits per heavy atom. The number of para-hydroxylation sites is 1. The molecule has 0 amide bonds. The zero-order valence-electron chi connectivity index (χ0n) is 16.0. The molecule has 0 atom stereocenters. The second-order valence-corrected chi connectivity index (χ2v) is 7.67. The van der Waals surface area contributed by atoms with E-state index in [1.54, 1.807) is 6.07 Å². The Kier molecular flexibility index (Phi) is 5.57. The maximum absolute atomic E-state index is 13.1. The summed E-state index contributed by atoms with van der Waals surface area (Å²) >= 11 is 1.23. The number of hydrogen-bond acceptors (Lipinski definition) is 4. The van der Waals surface area contributed by atoms with Gasteiger partial charge in [0.2, 0.25) is 0 Å². The first-order chi connectivity index (χ1) is 14.4. The number of thioether (sulfide) groups is 1. The highest BCUT2D eigenvalue weighted by Gasteiger charge is 2.30. The van der Waals surface area contributed by atoms with E-state index in [1.807, 2.05) is 24.3 Å². The van der Waals surface area contributed by atoms with Crippen LogP contribution in [0.5, 0.6) is 0 Å². The number of ether oxygens (including phenoxy) is 1. The zero-order chi connectivity index (χ0) is 21.3. The van der Waals surface area contributed by atoms with Crippen molar-refractivity contribution in [2.45, 2.75) is 23.6 Å². The molecule has 2 aromatic carbocycles. The van der Waals surface area contributed by atoms with E-state index >= 15 is 0 Å². The number of alkyl halides is 3. The summed E-state index contributed by atoms with van der Waals surface area (Å²) < 4.78 is 45.6. The molecule has 5 nitrogen and oxygen atoms in total. The predicted octanol–water partition coefficient (Wildman–Crippen LogP) is 4.84. The summed E-state index contributed by atoms with van der Waals surface area (Å²) in [6.07, 6.45) is -4.40. The molecular formula is C21H18F3N3O2S. The van der Waals surface area contributed by atoms with E-state index in [2.05, 4.69) is 9.97 Å². The molecule has 0 saturated carbocycles. The van der Waals surface area contributed by atoms with Gasteiger partial charge in [-0.2, -0.15) is 13.2 Å². The fourth-order valence-electron chi connectivity index (χ4n) is 3.25. The number of fused-ring (bicyclic) bond motifs is 3. The maximum Gasteiger partial charge on any atom is 0.416 e. The number of rotatable bonds is 6. The zero-order valence-corrected chi connectivity index (χ0v) is 16.8. The molecule has 4 rings (SSSR count). The van der Waals surface area contributed by atoms with Crippen LogP contribution in [-0.2, 0) is 23.2 Å². The molecule has 0 radical (unpaired) electrons. The fraction of sp³-hybridized carbons (Fsp3) is 0.238. The predicted molar refractivity (Wildman–Crippen MR) is 111 cm³/mol. The third-order valence-electron chi connectivity index (χ3n) is 4.72. The number of hydrogen-bond donors (Lipinski definition) is 1. The molecule has 0 aliphatic carbocycles. The molecule has 4 aromatic rings. The van der Waals surface area contributed by atoms with Crippen LogP contribution in [0, 0.1) is 0 Å². The normalized spacial score (nSPS) is 12.1. The van der Waals surface area contributed by atoms with Crippen molar-refractivity contribution in [1.29, 1.82) is 0 Å². The molecule has 30 heavy (non-hydrogen) atoms. The first kappa shape index (κ1) is 20.5. The van der Waals surface area contributed by atoms with E-state index in [4.69, 9.17) is 4.74 Å². The number of halogens is 3. The molecule has 2 aromatic heterocycles. The molecular weight excluding hydrogens is 415 g/mol. The van der Waals surface area contributed by atoms with E-state index in [0.717, 1.165) is 23.0 Å². The molecule has 0 aliphatic rings. The average Bonchev–Trinajstić information content (AvgIpc) is 3.10. The Bertz CT molecular complexity index is 1260. The monoisotopic (exact) mass is 433 g/mol. The molecule has 9 heteroatoms. The molecule has 156 valence electrons. The summed E-state index contributed by atoms with van der Waals surface area (Å²) in [7, 11) is 1.54. The van der Waals surface area contributed by atoms with Crippen molar-refractivity contribution in [2.75, 3.05) is 13.7 Å². The summed E-state index contributed by atoms with van der Waals surface area (Å²) in [5.74, 6) is 0.247. The Morgan fingerprint density at radius 1 is 1.17 bits per heavy atom. The lowest BCUT2D eigenvalue weighted by molar-refractivity contribution is -0.137. The van der Waals surface area contributed by atoms with Crippen molar-refractivity contribution in [3.05, 3.63) is 70.0 Å². The number of nitrogens with one attached hydrogen (secondary N) is 1. The third kappa shape index (κ3) is 3.95. The Morgan fingerprint density at radius 3 is 2.73 bits per heavy atom. The quantitative estimate of drug-likeness (QED) is 0.349. The Hall–Kier alpha value is -2.78. The molecule has 0 bridgehead atoms. The molecule has 0 fully saturated rings. The van der Waals surface area contributed by atoms with Gasteiger partial charge in [0.25, 0.3) is 5.56 Å². The van der Waals surface area contributed by atoms with Crippen molar-refractivity contribution in [3.8, 4) is 0 Å². The van der Waals surface area contributed by atoms with Crippen LogP contribution in [0.3, 0.4) is 0 Å². The van der Waals surface area contributed by atoms with E-state index in [-0.39, 0.29) is 11.3 Å². The van der Waals surface area contributed by atoms with Gasteiger partial charge in [-0.15, -0.1) is 0 Å². The van der Waals surface area contributed by atoms with Crippen molar-refractivity contribution in [1.82, 2.24) is 14.5 Å². The fourth-order valence-corrected chi connectivity index (χ4v) is 4.21. The minimum Gasteiger partial charge on any atom is -0.383 e. The van der Waals surface area contributed by atoms with Crippen LogP contribution in [0.2, 0.25) is 0 Å². The SMILES string of the molecule is COCCn1c(SCc2cccc(C(F)(F)F)c2)nc2c([nH]c3ccccc32)c1=O. The number of aromatic nitrogens is 3. The highest BCUT2D eigenvalue weighted by molar-refractivity contribution is 7.98. The van der Waals surface area contributed by atoms with Crippen molar-refractivity contribution < 1.29 is 17.9 Å². The summed E-state index contributed by atoms with van der Waals surface area (Å²) in [5.41, 5.74) is 1.32. The van der Waals surface area contributed by atoms with Crippen LogP contribution in [0.15, 0.2) is 58.5 Å². The van der Waals surface area contributed by atoms with Gasteiger partial charge in [-0.05, 0) is 17.7 Å². The van der Waals surface area contributed by atoms with Gasteiger partial charge >= 0.3 is 6.18 Å². The van der Waals surface area contributed by atoms with E-state index < -0.39 is 11.7 Å². The topological polar surface area (TPSA) is 59.9 Å². The van der Waals surface area contributed by atoms with Crippen LogP contribution in [0.25, 0.3) is 21.9 Å². The molecule has 0 unspecified atom stereocenters. The van der Waals surface area contributed by atoms with Gasteiger partial charge in [-0.1, -0.05) is 48.2 Å². The van der Waals surface area contributed by atoms with Crippen molar-refractivity contribution in [3.63, 3.8) is 0 Å². The van der Waals surface area contributed by atoms with Crippen LogP contribution < -0.4 is 5.56 Å². The maximum atomic E-state index is 13.1. The van der Waals surface area contributed by atoms with Gasteiger partial charge in [0.05, 0.1) is 18.7 Å². The van der Waals surface area contributed by atoms with E-state index in [0.29, 0.717) is 34.9 Å². The van der Waals surface area contributed by atoms with Crippen LogP contribution in [0.1, 0.15) is 11.1 Å². The summed E-state index contributed by atoms with van der Waals surface area (Å²) in [6, 6.07) is 12.6. The highest BCUT2D eigenvalue weighted by atomic mass is 32.2. The van der Waals surface area contributed by atoms with E-state index in [9.17, 15) is 18.0 Å². The average molecular weight is 433 g/mol. The van der Waals surface area contributed by atoms with Gasteiger partial charge in [-0.3, -0.25) is 9.36 Å². The van der Waals surface area contributed by atoms with Crippen LogP contribution in [0.4, 0.5) is 13.2 Å². The number of methoxy groups -OCH3 is 1. The number of nitrogens with zero attached hydrogens (tertiary/aromatic N) is 2. The van der Waals surface area contributed by atoms with Crippen molar-refractivity contribution >= 4 is 33.7 Å². The number of benzene rings is 2. The van der Waals surface area contributed by atoms with Crippen LogP contribution in [-0.4, -0.2) is 28.3 Å². The molecule has 0 aliphatic heterocycles. The lowest BCUT2D eigenvalue weighted by Gasteiger charge is -2.12. The molecule has 0 spiro atoms. The number of H-pyrrole nitrogens is 1. The molecule has 2 heterocycles. The number of aromatic amines is 1. The Labute approximate surface area is 173 Å². The largest absolute Gasteiger partial charge is 0.416 e. The molecule has 1 N–H and O–H groups in total. The highest BCUT2D eigenvalue weighted by Crippen LogP contribution is 2.31. The van der Waals surface area contributed by atoms with Gasteiger partial charge < -0.3 is 9.72 Å². The standard InChI is InChI=1S/C21H18F3N3O2S/c1-29-10-9-27-19(28)18-17(15-7-2-3-8-16(15)25-18)26-20(27)30-12-13-5-4-6-14(11-13)21(22,23)24/h2-8,11,25H,9-10,12H2,1H3. The summed E-state index contributed by atoms with van der Waals surface area (Å²) in [5, 5.41) is 1.26. The van der Waals surface area contributed by atoms with Gasteiger partial charge in [0, 0.05) is 23.8 Å². The minimum atomic E-state index is -4.40. The second-order valence-electron chi connectivity index (χ2n) is 6.72. The lowest BCUT2D eigenvalue weighted by atomic mass is 10.1. The van der Waals surface area contributed by atoms with E-state index in [1.165, 1.54) is 29.5 Å². The van der Waals surface area contributed by atoms with Gasteiger partial charge in [0.1, 0.15) is 11.0 Å². The Balaban J connectivity index is 1.75. The first-order valence-corrected chi connectivity index (χ1v) is 10.2. The van der Waals surface area contributed by atoms with Gasteiger partial charge in [0.15, 0.2) is 5.16 Å². The lowest BCUT2D eigenvalue weighted by Crippen LogP contribution is -2.25. The summed E-state index contributed by atoms with van der Waals surface area (Å²) in [6.45, 7) is 0.600. The smallest absolute Gasteiger partial charge is 0.383 e. The first-order valence-electron chi connectivity index (χ1n) is 9.17. The van der Waals surface area contributed by atoms with Crippen molar-refractivity contribution in [2.24, 2.45) is 0 Å². The third-order valence-corrected chi connectivity index (χ3v) is 5.76. The molecule has 0 saturated heterocycles. The second kappa shape index (κ2) is 8.16. The van der Waals surface area contributed by atoms with Crippen LogP contribution >= 0.6 is 11.8 Å². The van der Waals surface area contributed by atoms with Gasteiger partial charge in [-0.25, -0.2) is 4.98 Å².